The van der Waals surface area contributed by atoms with Crippen molar-refractivity contribution in [3.05, 3.63) is 35.9 Å². The number of hydrogen-bond donors (Lipinski definition) is 2. The second-order valence-corrected chi connectivity index (χ2v) is 8.48. The fourth-order valence-corrected chi connectivity index (χ4v) is 4.47. The Morgan fingerprint density at radius 2 is 1.69 bits per heavy atom. The normalized spacial score (nSPS) is 19.7. The minimum Gasteiger partial charge on any atom is -0.368 e. The molecule has 0 saturated heterocycles. The summed E-state index contributed by atoms with van der Waals surface area (Å²) < 4.78 is 0. The topological polar surface area (TPSA) is 89.2 Å². The van der Waals surface area contributed by atoms with Crippen molar-refractivity contribution in [3.63, 3.8) is 0 Å². The first-order chi connectivity index (χ1) is 14.1. The summed E-state index contributed by atoms with van der Waals surface area (Å²) >= 11 is 0. The van der Waals surface area contributed by atoms with Gasteiger partial charge in [0.25, 0.3) is 0 Å². The number of rotatable bonds is 10. The number of hydrogen-bond acceptors (Lipinski definition) is 6. The molecule has 1 heterocycles. The van der Waals surface area contributed by atoms with E-state index in [4.69, 9.17) is 16.3 Å². The zero-order valence-electron chi connectivity index (χ0n) is 17.9. The molecule has 4 N–H and O–H groups in total. The Labute approximate surface area is 175 Å². The van der Waals surface area contributed by atoms with Crippen molar-refractivity contribution < 1.29 is 4.84 Å². The van der Waals surface area contributed by atoms with Crippen LogP contribution in [0.4, 0.5) is 0 Å². The van der Waals surface area contributed by atoms with Crippen molar-refractivity contribution in [2.45, 2.75) is 89.1 Å². The van der Waals surface area contributed by atoms with Crippen LogP contribution in [0.15, 0.2) is 40.3 Å². The van der Waals surface area contributed by atoms with Gasteiger partial charge < -0.3 is 11.5 Å². The monoisotopic (exact) mass is 399 g/mol. The maximum atomic E-state index is 6.12. The van der Waals surface area contributed by atoms with Crippen molar-refractivity contribution in [2.75, 3.05) is 6.61 Å². The highest BCUT2D eigenvalue weighted by molar-refractivity contribution is 5.95. The van der Waals surface area contributed by atoms with Gasteiger partial charge >= 0.3 is 0 Å². The summed E-state index contributed by atoms with van der Waals surface area (Å²) in [5.74, 6) is 1.25. The third-order valence-corrected chi connectivity index (χ3v) is 6.16. The van der Waals surface area contributed by atoms with Crippen molar-refractivity contribution >= 4 is 11.9 Å². The van der Waals surface area contributed by atoms with Crippen molar-refractivity contribution in [1.82, 2.24) is 5.06 Å². The lowest BCUT2D eigenvalue weighted by atomic mass is 9.89. The fourth-order valence-electron chi connectivity index (χ4n) is 4.47. The largest absolute Gasteiger partial charge is 0.368 e. The highest BCUT2D eigenvalue weighted by Crippen LogP contribution is 2.36. The molecule has 0 radical (unpaired) electrons. The standard InChI is InChI=1S/C23H37N5O/c1-19(20-14-8-5-9-15-20)13-7-3-2-4-12-18-29-28-22(25)26-21(24)27-23(28)16-10-6-11-17-23/h5,8-9,14-15,19H,2-4,6-7,10-13,16-18H2,1H3,(H4,24,25,26,27). The summed E-state index contributed by atoms with van der Waals surface area (Å²) in [5.41, 5.74) is 13.0. The summed E-state index contributed by atoms with van der Waals surface area (Å²) in [6, 6.07) is 10.8. The molecule has 29 heavy (non-hydrogen) atoms. The summed E-state index contributed by atoms with van der Waals surface area (Å²) in [4.78, 5) is 14.8. The van der Waals surface area contributed by atoms with Crippen LogP contribution in [0, 0.1) is 0 Å². The highest BCUT2D eigenvalue weighted by atomic mass is 16.7. The number of guanidine groups is 2. The molecule has 1 fully saturated rings. The summed E-state index contributed by atoms with van der Waals surface area (Å²) in [6.45, 7) is 2.97. The number of hydroxylamine groups is 2. The molecule has 1 saturated carbocycles. The van der Waals surface area contributed by atoms with E-state index in [2.05, 4.69) is 47.2 Å². The second-order valence-electron chi connectivity index (χ2n) is 8.48. The van der Waals surface area contributed by atoms with E-state index in [-0.39, 0.29) is 5.96 Å². The molecule has 0 aromatic heterocycles. The van der Waals surface area contributed by atoms with Gasteiger partial charge in [0.2, 0.25) is 11.9 Å². The van der Waals surface area contributed by atoms with E-state index in [9.17, 15) is 0 Å². The lowest BCUT2D eigenvalue weighted by Crippen LogP contribution is -2.57. The number of aliphatic imine (C=N–C) groups is 2. The molecule has 1 atom stereocenters. The van der Waals surface area contributed by atoms with Crippen LogP contribution >= 0.6 is 0 Å². The maximum Gasteiger partial charge on any atom is 0.226 e. The zero-order chi connectivity index (χ0) is 20.5. The van der Waals surface area contributed by atoms with Gasteiger partial charge in [-0.1, -0.05) is 69.4 Å². The summed E-state index contributed by atoms with van der Waals surface area (Å²) in [6.07, 6.45) is 12.5. The lowest BCUT2D eigenvalue weighted by molar-refractivity contribution is -0.177. The molecule has 6 nitrogen and oxygen atoms in total. The van der Waals surface area contributed by atoms with E-state index in [1.165, 1.54) is 44.1 Å². The molecular formula is C23H37N5O. The molecule has 6 heteroatoms. The number of nitrogens with zero attached hydrogens (tertiary/aromatic N) is 3. The molecule has 1 aliphatic heterocycles. The second kappa shape index (κ2) is 10.6. The quantitative estimate of drug-likeness (QED) is 0.560. The van der Waals surface area contributed by atoms with Gasteiger partial charge in [-0.15, -0.1) is 0 Å². The van der Waals surface area contributed by atoms with Gasteiger partial charge in [-0.25, -0.2) is 4.99 Å². The highest BCUT2D eigenvalue weighted by Gasteiger charge is 2.42. The van der Waals surface area contributed by atoms with Crippen LogP contribution in [0.5, 0.6) is 0 Å². The van der Waals surface area contributed by atoms with Crippen LogP contribution in [-0.2, 0) is 4.84 Å². The van der Waals surface area contributed by atoms with E-state index >= 15 is 0 Å². The number of unbranched alkanes of at least 4 members (excludes halogenated alkanes) is 4. The van der Waals surface area contributed by atoms with E-state index < -0.39 is 5.66 Å². The Bertz CT molecular complexity index is 682. The van der Waals surface area contributed by atoms with Gasteiger partial charge in [-0.2, -0.15) is 10.1 Å². The summed E-state index contributed by atoms with van der Waals surface area (Å²) in [5, 5.41) is 1.74. The maximum absolute atomic E-state index is 6.12. The molecule has 1 spiro atoms. The first-order valence-corrected chi connectivity index (χ1v) is 11.3. The van der Waals surface area contributed by atoms with E-state index in [0.29, 0.717) is 18.5 Å². The number of nitrogens with two attached hydrogens (primary N) is 2. The van der Waals surface area contributed by atoms with Crippen LogP contribution in [-0.4, -0.2) is 29.3 Å². The third-order valence-electron chi connectivity index (χ3n) is 6.16. The average molecular weight is 400 g/mol. The predicted molar refractivity (Wildman–Crippen MR) is 119 cm³/mol. The minimum atomic E-state index is -0.443. The molecule has 160 valence electrons. The van der Waals surface area contributed by atoms with Gasteiger partial charge in [-0.05, 0) is 50.0 Å². The third kappa shape index (κ3) is 5.95. The molecule has 2 aliphatic rings. The van der Waals surface area contributed by atoms with E-state index in [1.807, 2.05) is 0 Å². The van der Waals surface area contributed by atoms with Crippen LogP contribution in [0.1, 0.15) is 89.0 Å². The Kier molecular flexibility index (Phi) is 7.92. The molecule has 3 rings (SSSR count). The Hall–Kier alpha value is -2.08. The fraction of sp³-hybridized carbons (Fsp3) is 0.652. The van der Waals surface area contributed by atoms with Gasteiger partial charge in [0.05, 0.1) is 6.61 Å². The van der Waals surface area contributed by atoms with Crippen LogP contribution in [0.2, 0.25) is 0 Å². The first kappa shape index (κ1) is 21.6. The molecule has 1 aromatic rings. The van der Waals surface area contributed by atoms with Gasteiger partial charge in [0.1, 0.15) is 0 Å². The first-order valence-electron chi connectivity index (χ1n) is 11.3. The van der Waals surface area contributed by atoms with E-state index in [1.54, 1.807) is 5.06 Å². The van der Waals surface area contributed by atoms with Crippen LogP contribution in [0.3, 0.4) is 0 Å². The van der Waals surface area contributed by atoms with Crippen molar-refractivity contribution in [2.24, 2.45) is 21.5 Å². The van der Waals surface area contributed by atoms with Gasteiger partial charge in [-0.3, -0.25) is 4.84 Å². The van der Waals surface area contributed by atoms with Crippen LogP contribution in [0.25, 0.3) is 0 Å². The van der Waals surface area contributed by atoms with E-state index in [0.717, 1.165) is 32.1 Å². The molecule has 0 bridgehead atoms. The minimum absolute atomic E-state index is 0.272. The Balaban J connectivity index is 1.32. The Morgan fingerprint density at radius 3 is 2.45 bits per heavy atom. The molecule has 1 aromatic carbocycles. The smallest absolute Gasteiger partial charge is 0.226 e. The lowest BCUT2D eigenvalue weighted by Gasteiger charge is -2.44. The van der Waals surface area contributed by atoms with Crippen LogP contribution < -0.4 is 11.5 Å². The van der Waals surface area contributed by atoms with Gasteiger partial charge in [0.15, 0.2) is 5.66 Å². The SMILES string of the molecule is CC(CCCCCCCON1C(N)=NC(N)=NC12CCCCC2)c1ccccc1. The average Bonchev–Trinajstić information content (AvgIpc) is 2.72. The molecular weight excluding hydrogens is 362 g/mol. The zero-order valence-corrected chi connectivity index (χ0v) is 17.9. The van der Waals surface area contributed by atoms with Crippen molar-refractivity contribution in [3.8, 4) is 0 Å². The Morgan fingerprint density at radius 1 is 1.00 bits per heavy atom. The molecule has 1 unspecified atom stereocenters. The van der Waals surface area contributed by atoms with Crippen molar-refractivity contribution in [1.29, 1.82) is 0 Å². The molecule has 1 aliphatic carbocycles. The molecule has 0 amide bonds. The summed E-state index contributed by atoms with van der Waals surface area (Å²) in [7, 11) is 0. The number of benzene rings is 1. The van der Waals surface area contributed by atoms with Gasteiger partial charge in [0, 0.05) is 0 Å². The predicted octanol–water partition coefficient (Wildman–Crippen LogP) is 4.67.